The van der Waals surface area contributed by atoms with Crippen molar-refractivity contribution in [1.29, 1.82) is 0 Å². The minimum absolute atomic E-state index is 0.00630. The van der Waals surface area contributed by atoms with Gasteiger partial charge in [0.25, 0.3) is 0 Å². The number of para-hydroxylation sites is 1. The number of dihydropyridines is 1. The molecule has 1 N–H and O–H groups in total. The molecule has 2 aromatic carbocycles. The van der Waals surface area contributed by atoms with Crippen LogP contribution in [0.4, 0.5) is 14.5 Å². The lowest BCUT2D eigenvalue weighted by atomic mass is 9.98. The number of ether oxygens (including phenoxy) is 1. The van der Waals surface area contributed by atoms with E-state index in [0.717, 1.165) is 12.1 Å². The standard InChI is InChI=1S/C20H17ClF2N2O4S/c1-2-30(27,28)25-16-5-3-4-14(19-17(26)8-12(10-21)11-24-19)20(16)29-18-7-6-13(22)9-15(18)23/h3-9,11,19,25H,2,10H2,1H3. The van der Waals surface area contributed by atoms with E-state index in [9.17, 15) is 22.0 Å². The number of hydrogen-bond acceptors (Lipinski definition) is 5. The van der Waals surface area contributed by atoms with Gasteiger partial charge in [-0.2, -0.15) is 0 Å². The lowest BCUT2D eigenvalue weighted by Gasteiger charge is -2.21. The minimum Gasteiger partial charge on any atom is -0.452 e. The van der Waals surface area contributed by atoms with E-state index in [4.69, 9.17) is 16.3 Å². The van der Waals surface area contributed by atoms with Gasteiger partial charge < -0.3 is 4.74 Å². The van der Waals surface area contributed by atoms with Crippen molar-refractivity contribution in [3.8, 4) is 11.5 Å². The number of nitrogens with one attached hydrogen (secondary N) is 1. The molecule has 10 heteroatoms. The Morgan fingerprint density at radius 2 is 2.00 bits per heavy atom. The molecule has 0 radical (unpaired) electrons. The largest absolute Gasteiger partial charge is 0.452 e. The quantitative estimate of drug-likeness (QED) is 0.629. The Morgan fingerprint density at radius 3 is 2.63 bits per heavy atom. The van der Waals surface area contributed by atoms with Gasteiger partial charge in [-0.25, -0.2) is 17.2 Å². The summed E-state index contributed by atoms with van der Waals surface area (Å²) >= 11 is 5.74. The normalized spacial score (nSPS) is 16.3. The lowest BCUT2D eigenvalue weighted by Crippen LogP contribution is -2.18. The number of ketones is 1. The highest BCUT2D eigenvalue weighted by Gasteiger charge is 2.27. The van der Waals surface area contributed by atoms with Crippen LogP contribution >= 0.6 is 11.6 Å². The van der Waals surface area contributed by atoms with Crippen LogP contribution in [-0.2, 0) is 14.8 Å². The molecule has 2 aromatic rings. The van der Waals surface area contributed by atoms with Crippen molar-refractivity contribution in [2.45, 2.75) is 13.0 Å². The van der Waals surface area contributed by atoms with E-state index in [0.29, 0.717) is 11.6 Å². The summed E-state index contributed by atoms with van der Waals surface area (Å²) in [6.45, 7) is 1.44. The molecule has 0 amide bonds. The second-order valence-electron chi connectivity index (χ2n) is 6.34. The highest BCUT2D eigenvalue weighted by Crippen LogP contribution is 2.40. The Kier molecular flexibility index (Phi) is 6.52. The number of rotatable bonds is 7. The summed E-state index contributed by atoms with van der Waals surface area (Å²) in [5, 5.41) is 0. The Balaban J connectivity index is 2.11. The van der Waals surface area contributed by atoms with Crippen molar-refractivity contribution in [2.24, 2.45) is 4.99 Å². The monoisotopic (exact) mass is 454 g/mol. The van der Waals surface area contributed by atoms with Gasteiger partial charge in [0.2, 0.25) is 10.0 Å². The number of allylic oxidation sites excluding steroid dienone is 1. The first-order chi connectivity index (χ1) is 14.2. The molecular weight excluding hydrogens is 438 g/mol. The number of carbonyl (C=O) groups excluding carboxylic acids is 1. The van der Waals surface area contributed by atoms with Crippen LogP contribution in [0.1, 0.15) is 18.5 Å². The Morgan fingerprint density at radius 1 is 1.23 bits per heavy atom. The first kappa shape index (κ1) is 21.9. The van der Waals surface area contributed by atoms with Crippen LogP contribution in [0, 0.1) is 11.6 Å². The van der Waals surface area contributed by atoms with Gasteiger partial charge >= 0.3 is 0 Å². The van der Waals surface area contributed by atoms with Crippen LogP contribution in [0.25, 0.3) is 0 Å². The van der Waals surface area contributed by atoms with Gasteiger partial charge in [0.1, 0.15) is 11.9 Å². The summed E-state index contributed by atoms with van der Waals surface area (Å²) in [5.41, 5.74) is 0.724. The first-order valence-corrected chi connectivity index (χ1v) is 11.0. The van der Waals surface area contributed by atoms with E-state index in [1.165, 1.54) is 37.4 Å². The Hall–Kier alpha value is -2.78. The molecule has 0 spiro atoms. The van der Waals surface area contributed by atoms with Crippen molar-refractivity contribution in [3.63, 3.8) is 0 Å². The zero-order valence-corrected chi connectivity index (χ0v) is 17.3. The maximum atomic E-state index is 14.2. The van der Waals surface area contributed by atoms with Gasteiger partial charge in [-0.1, -0.05) is 12.1 Å². The minimum atomic E-state index is -3.71. The van der Waals surface area contributed by atoms with Crippen LogP contribution in [0.15, 0.2) is 53.0 Å². The Labute approximate surface area is 177 Å². The number of carbonyl (C=O) groups is 1. The van der Waals surface area contributed by atoms with Crippen LogP contribution in [0.5, 0.6) is 11.5 Å². The van der Waals surface area contributed by atoms with E-state index < -0.39 is 33.5 Å². The van der Waals surface area contributed by atoms with Gasteiger partial charge in [0.15, 0.2) is 23.1 Å². The molecule has 0 fully saturated rings. The van der Waals surface area contributed by atoms with Crippen molar-refractivity contribution in [2.75, 3.05) is 16.4 Å². The molecule has 0 aliphatic carbocycles. The van der Waals surface area contributed by atoms with E-state index in [-0.39, 0.29) is 34.4 Å². The number of halogens is 3. The maximum absolute atomic E-state index is 14.2. The van der Waals surface area contributed by atoms with Gasteiger partial charge in [0.05, 0.1) is 11.4 Å². The predicted molar refractivity (Wildman–Crippen MR) is 111 cm³/mol. The number of sulfonamides is 1. The summed E-state index contributed by atoms with van der Waals surface area (Å²) in [6, 6.07) is 6.09. The molecule has 30 heavy (non-hydrogen) atoms. The highest BCUT2D eigenvalue weighted by molar-refractivity contribution is 7.92. The van der Waals surface area contributed by atoms with E-state index in [1.54, 1.807) is 0 Å². The molecule has 0 aromatic heterocycles. The molecule has 1 aliphatic rings. The number of hydrogen-bond donors (Lipinski definition) is 1. The molecule has 0 saturated heterocycles. The first-order valence-electron chi connectivity index (χ1n) is 8.84. The van der Waals surface area contributed by atoms with Crippen molar-refractivity contribution in [1.82, 2.24) is 0 Å². The third kappa shape index (κ3) is 4.85. The topological polar surface area (TPSA) is 84.8 Å². The van der Waals surface area contributed by atoms with Crippen LogP contribution < -0.4 is 9.46 Å². The SMILES string of the molecule is CCS(=O)(=O)Nc1cccc(C2N=CC(CCl)=CC2=O)c1Oc1ccc(F)cc1F. The molecule has 1 aliphatic heterocycles. The summed E-state index contributed by atoms with van der Waals surface area (Å²) in [5.74, 6) is -2.76. The number of aliphatic imine (C=N–C) groups is 1. The smallest absolute Gasteiger partial charge is 0.232 e. The summed E-state index contributed by atoms with van der Waals surface area (Å²) in [7, 11) is -3.71. The molecule has 1 heterocycles. The second kappa shape index (κ2) is 8.93. The van der Waals surface area contributed by atoms with Gasteiger partial charge in [-0.3, -0.25) is 14.5 Å². The average molecular weight is 455 g/mol. The van der Waals surface area contributed by atoms with Crippen LogP contribution in [-0.4, -0.2) is 32.0 Å². The van der Waals surface area contributed by atoms with Gasteiger partial charge in [-0.05, 0) is 36.8 Å². The predicted octanol–water partition coefficient (Wildman–Crippen LogP) is 4.38. The summed E-state index contributed by atoms with van der Waals surface area (Å²) in [4.78, 5) is 16.8. The molecule has 158 valence electrons. The van der Waals surface area contributed by atoms with Gasteiger partial charge in [-0.15, -0.1) is 11.6 Å². The third-order valence-corrected chi connectivity index (χ3v) is 5.83. The van der Waals surface area contributed by atoms with E-state index in [2.05, 4.69) is 9.71 Å². The summed E-state index contributed by atoms with van der Waals surface area (Å²) in [6.07, 6.45) is 2.76. The van der Waals surface area contributed by atoms with Crippen LogP contribution in [0.3, 0.4) is 0 Å². The third-order valence-electron chi connectivity index (χ3n) is 4.23. The lowest BCUT2D eigenvalue weighted by molar-refractivity contribution is -0.115. The maximum Gasteiger partial charge on any atom is 0.232 e. The highest BCUT2D eigenvalue weighted by atomic mass is 35.5. The molecular formula is C20H17ClF2N2O4S. The van der Waals surface area contributed by atoms with Crippen molar-refractivity contribution < 1.29 is 26.7 Å². The number of alkyl halides is 1. The van der Waals surface area contributed by atoms with Crippen molar-refractivity contribution >= 4 is 39.3 Å². The van der Waals surface area contributed by atoms with E-state index in [1.807, 2.05) is 0 Å². The van der Waals surface area contributed by atoms with Gasteiger partial charge in [0, 0.05) is 23.7 Å². The fraction of sp³-hybridized carbons (Fsp3) is 0.200. The molecule has 0 bridgehead atoms. The second-order valence-corrected chi connectivity index (χ2v) is 8.62. The molecule has 3 rings (SSSR count). The average Bonchev–Trinajstić information content (AvgIpc) is 2.71. The molecule has 1 atom stereocenters. The van der Waals surface area contributed by atoms with Crippen LogP contribution in [0.2, 0.25) is 0 Å². The van der Waals surface area contributed by atoms with E-state index >= 15 is 0 Å². The number of nitrogens with zero attached hydrogens (tertiary/aromatic N) is 1. The fourth-order valence-corrected chi connectivity index (χ4v) is 3.51. The summed E-state index contributed by atoms with van der Waals surface area (Å²) < 4.78 is 59.7. The zero-order chi connectivity index (χ0) is 21.9. The number of anilines is 1. The molecule has 0 saturated carbocycles. The molecule has 1 unspecified atom stereocenters. The van der Waals surface area contributed by atoms with Crippen molar-refractivity contribution in [3.05, 3.63) is 65.2 Å². The number of benzene rings is 2. The Bertz CT molecular complexity index is 1150. The zero-order valence-electron chi connectivity index (χ0n) is 15.7. The molecule has 6 nitrogen and oxygen atoms in total. The fourth-order valence-electron chi connectivity index (χ4n) is 2.72.